The predicted molar refractivity (Wildman–Crippen MR) is 84.8 cm³/mol. The summed E-state index contributed by atoms with van der Waals surface area (Å²) in [5.41, 5.74) is 4.49. The van der Waals surface area contributed by atoms with Gasteiger partial charge in [-0.25, -0.2) is 0 Å². The number of H-pyrrole nitrogens is 1. The minimum Gasteiger partial charge on any atom is -0.383 e. The van der Waals surface area contributed by atoms with Crippen LogP contribution in [0.4, 0.5) is 24.9 Å². The highest BCUT2D eigenvalue weighted by molar-refractivity contribution is 5.74. The van der Waals surface area contributed by atoms with Crippen LogP contribution in [0.3, 0.4) is 0 Å². The molecule has 9 heteroatoms. The average Bonchev–Trinajstić information content (AvgIpc) is 2.54. The average molecular weight is 339 g/mol. The minimum atomic E-state index is -4.49. The summed E-state index contributed by atoms with van der Waals surface area (Å²) in [6.07, 6.45) is -4.49. The van der Waals surface area contributed by atoms with Gasteiger partial charge in [-0.05, 0) is 17.7 Å². The van der Waals surface area contributed by atoms with E-state index in [4.69, 9.17) is 5.73 Å². The van der Waals surface area contributed by atoms with Crippen LogP contribution < -0.4 is 21.5 Å². The van der Waals surface area contributed by atoms with Gasteiger partial charge in [0.15, 0.2) is 0 Å². The maximum Gasteiger partial charge on any atom is 0.416 e. The Labute approximate surface area is 135 Å². The van der Waals surface area contributed by atoms with Crippen LogP contribution in [0.15, 0.2) is 29.1 Å². The van der Waals surface area contributed by atoms with Crippen molar-refractivity contribution < 1.29 is 13.2 Å². The summed E-state index contributed by atoms with van der Waals surface area (Å²) < 4.78 is 38.5. The fraction of sp³-hybridized carbons (Fsp3) is 0.333. The summed E-state index contributed by atoms with van der Waals surface area (Å²) in [6, 6.07) is 4.48. The molecule has 0 spiro atoms. The molecular weight excluding hydrogens is 323 g/mol. The zero-order chi connectivity index (χ0) is 17.3. The Morgan fingerprint density at radius 2 is 1.92 bits per heavy atom. The lowest BCUT2D eigenvalue weighted by molar-refractivity contribution is -0.137. The second-order valence-electron chi connectivity index (χ2n) is 5.47. The van der Waals surface area contributed by atoms with E-state index >= 15 is 0 Å². The molecule has 24 heavy (non-hydrogen) atoms. The van der Waals surface area contributed by atoms with Crippen molar-refractivity contribution in [2.24, 2.45) is 0 Å². The molecule has 128 valence electrons. The number of nitrogens with zero attached hydrogens (tertiary/aromatic N) is 2. The summed E-state index contributed by atoms with van der Waals surface area (Å²) in [4.78, 5) is 21.0. The number of anilines is 2. The maximum atomic E-state index is 12.8. The first-order chi connectivity index (χ1) is 11.4. The fourth-order valence-electron chi connectivity index (χ4n) is 2.63. The normalized spacial score (nSPS) is 15.5. The zero-order valence-electron chi connectivity index (χ0n) is 12.7. The van der Waals surface area contributed by atoms with Gasteiger partial charge < -0.3 is 16.0 Å². The largest absolute Gasteiger partial charge is 0.416 e. The lowest BCUT2D eigenvalue weighted by atomic mass is 10.0. The van der Waals surface area contributed by atoms with Gasteiger partial charge in [0.1, 0.15) is 5.82 Å². The SMILES string of the molecule is Nc1nc(N2CCNCC2)[nH]c(=O)c1-c1cccc(C(F)(F)F)c1. The number of aromatic nitrogens is 2. The lowest BCUT2D eigenvalue weighted by Crippen LogP contribution is -2.44. The van der Waals surface area contributed by atoms with Gasteiger partial charge in [-0.15, -0.1) is 0 Å². The van der Waals surface area contributed by atoms with Crippen LogP contribution in [0.25, 0.3) is 11.1 Å². The van der Waals surface area contributed by atoms with Crippen LogP contribution in [-0.4, -0.2) is 36.1 Å². The van der Waals surface area contributed by atoms with Crippen molar-refractivity contribution >= 4 is 11.8 Å². The van der Waals surface area contributed by atoms with E-state index in [2.05, 4.69) is 15.3 Å². The molecule has 0 saturated carbocycles. The smallest absolute Gasteiger partial charge is 0.383 e. The van der Waals surface area contributed by atoms with Gasteiger partial charge in [0.25, 0.3) is 5.56 Å². The number of halogens is 3. The van der Waals surface area contributed by atoms with E-state index in [0.717, 1.165) is 25.2 Å². The molecule has 1 fully saturated rings. The van der Waals surface area contributed by atoms with Gasteiger partial charge in [-0.1, -0.05) is 12.1 Å². The molecule has 6 nitrogen and oxygen atoms in total. The summed E-state index contributed by atoms with van der Waals surface area (Å²) in [7, 11) is 0. The van der Waals surface area contributed by atoms with Crippen molar-refractivity contribution in [3.8, 4) is 11.1 Å². The maximum absolute atomic E-state index is 12.8. The molecule has 1 aromatic carbocycles. The van der Waals surface area contributed by atoms with E-state index in [1.165, 1.54) is 12.1 Å². The molecule has 3 rings (SSSR count). The van der Waals surface area contributed by atoms with Crippen LogP contribution >= 0.6 is 0 Å². The van der Waals surface area contributed by atoms with Gasteiger partial charge >= 0.3 is 6.18 Å². The second kappa shape index (κ2) is 6.16. The van der Waals surface area contributed by atoms with E-state index < -0.39 is 17.3 Å². The summed E-state index contributed by atoms with van der Waals surface area (Å²) in [5.74, 6) is 0.237. The number of alkyl halides is 3. The van der Waals surface area contributed by atoms with E-state index in [1.54, 1.807) is 0 Å². The quantitative estimate of drug-likeness (QED) is 0.771. The highest BCUT2D eigenvalue weighted by atomic mass is 19.4. The Balaban J connectivity index is 2.02. The summed E-state index contributed by atoms with van der Waals surface area (Å²) in [6.45, 7) is 2.81. The van der Waals surface area contributed by atoms with Crippen LogP contribution in [0, 0.1) is 0 Å². The molecule has 4 N–H and O–H groups in total. The number of nitrogens with two attached hydrogens (primary N) is 1. The fourth-order valence-corrected chi connectivity index (χ4v) is 2.63. The summed E-state index contributed by atoms with van der Waals surface area (Å²) in [5, 5.41) is 3.17. The van der Waals surface area contributed by atoms with Crippen molar-refractivity contribution in [1.29, 1.82) is 0 Å². The Hall–Kier alpha value is -2.55. The molecule has 0 atom stereocenters. The number of benzene rings is 1. The third kappa shape index (κ3) is 3.21. The van der Waals surface area contributed by atoms with Gasteiger partial charge in [0.05, 0.1) is 11.1 Å². The molecule has 0 amide bonds. The Morgan fingerprint density at radius 3 is 2.54 bits per heavy atom. The Kier molecular flexibility index (Phi) is 4.18. The van der Waals surface area contributed by atoms with E-state index in [1.807, 2.05) is 4.90 Å². The van der Waals surface area contributed by atoms with Crippen molar-refractivity contribution in [3.63, 3.8) is 0 Å². The van der Waals surface area contributed by atoms with E-state index in [-0.39, 0.29) is 16.9 Å². The molecule has 2 heterocycles. The molecule has 1 aliphatic heterocycles. The van der Waals surface area contributed by atoms with Crippen molar-refractivity contribution in [2.45, 2.75) is 6.18 Å². The lowest BCUT2D eigenvalue weighted by Gasteiger charge is -2.28. The second-order valence-corrected chi connectivity index (χ2v) is 5.47. The van der Waals surface area contributed by atoms with Crippen molar-refractivity contribution in [1.82, 2.24) is 15.3 Å². The Morgan fingerprint density at radius 1 is 1.21 bits per heavy atom. The first kappa shape index (κ1) is 16.3. The summed E-state index contributed by atoms with van der Waals surface area (Å²) >= 11 is 0. The first-order valence-corrected chi connectivity index (χ1v) is 7.39. The van der Waals surface area contributed by atoms with Gasteiger partial charge in [0, 0.05) is 26.2 Å². The number of nitrogens with one attached hydrogen (secondary N) is 2. The van der Waals surface area contributed by atoms with Gasteiger partial charge in [-0.2, -0.15) is 18.2 Å². The van der Waals surface area contributed by atoms with Crippen LogP contribution in [-0.2, 0) is 6.18 Å². The van der Waals surface area contributed by atoms with Gasteiger partial charge in [-0.3, -0.25) is 9.78 Å². The molecule has 1 aliphatic rings. The van der Waals surface area contributed by atoms with Crippen molar-refractivity contribution in [3.05, 3.63) is 40.2 Å². The highest BCUT2D eigenvalue weighted by Crippen LogP contribution is 2.32. The number of nitrogen functional groups attached to an aromatic ring is 1. The minimum absolute atomic E-state index is 0.0556. The molecule has 0 bridgehead atoms. The topological polar surface area (TPSA) is 87.0 Å². The number of rotatable bonds is 2. The third-order valence-corrected chi connectivity index (χ3v) is 3.83. The number of piperazine rings is 1. The highest BCUT2D eigenvalue weighted by Gasteiger charge is 2.31. The monoisotopic (exact) mass is 339 g/mol. The molecule has 0 radical (unpaired) electrons. The standard InChI is InChI=1S/C15H16F3N5O/c16-15(17,18)10-3-1-2-9(8-10)11-12(19)21-14(22-13(11)24)23-6-4-20-5-7-23/h1-3,8,20H,4-7H2,(H3,19,21,22,24). The van der Waals surface area contributed by atoms with Crippen LogP contribution in [0.1, 0.15) is 5.56 Å². The number of hydrogen-bond acceptors (Lipinski definition) is 5. The first-order valence-electron chi connectivity index (χ1n) is 7.39. The molecule has 2 aromatic rings. The van der Waals surface area contributed by atoms with E-state index in [9.17, 15) is 18.0 Å². The molecule has 1 aromatic heterocycles. The number of hydrogen-bond donors (Lipinski definition) is 3. The van der Waals surface area contributed by atoms with Crippen molar-refractivity contribution in [2.75, 3.05) is 36.8 Å². The Bertz CT molecular complexity index is 796. The van der Waals surface area contributed by atoms with E-state index in [0.29, 0.717) is 19.0 Å². The van der Waals surface area contributed by atoms with Crippen LogP contribution in [0.5, 0.6) is 0 Å². The van der Waals surface area contributed by atoms with Crippen LogP contribution in [0.2, 0.25) is 0 Å². The number of aromatic amines is 1. The predicted octanol–water partition coefficient (Wildman–Crippen LogP) is 1.45. The van der Waals surface area contributed by atoms with Gasteiger partial charge in [0.2, 0.25) is 5.95 Å². The molecule has 1 saturated heterocycles. The molecule has 0 aliphatic carbocycles. The zero-order valence-corrected chi connectivity index (χ0v) is 12.7. The molecular formula is C15H16F3N5O. The third-order valence-electron chi connectivity index (χ3n) is 3.83. The molecule has 0 unspecified atom stereocenters.